The summed E-state index contributed by atoms with van der Waals surface area (Å²) in [5.41, 5.74) is -0.129. The molecule has 0 atom stereocenters. The van der Waals surface area contributed by atoms with Gasteiger partial charge in [-0.2, -0.15) is 13.2 Å². The van der Waals surface area contributed by atoms with E-state index < -0.39 is 28.8 Å². The smallest absolute Gasteiger partial charge is 0.326 e. The van der Waals surface area contributed by atoms with Gasteiger partial charge in [0, 0.05) is 18.7 Å². The lowest BCUT2D eigenvalue weighted by Gasteiger charge is -2.13. The summed E-state index contributed by atoms with van der Waals surface area (Å²) in [5, 5.41) is 1.85. The molecular weight excluding hydrogens is 405 g/mol. The molecule has 2 aromatic rings. The molecule has 3 amide bonds. The number of nitrogens with zero attached hydrogens (tertiary/aromatic N) is 1. The van der Waals surface area contributed by atoms with E-state index in [-0.39, 0.29) is 23.6 Å². The molecule has 1 heterocycles. The van der Waals surface area contributed by atoms with Crippen molar-refractivity contribution in [3.63, 3.8) is 0 Å². The third-order valence-corrected chi connectivity index (χ3v) is 4.91. The van der Waals surface area contributed by atoms with Crippen molar-refractivity contribution in [3.05, 3.63) is 70.6 Å². The van der Waals surface area contributed by atoms with Crippen LogP contribution in [0.3, 0.4) is 0 Å². The normalized spacial score (nSPS) is 15.8. The number of anilines is 1. The number of carbonyl (C=O) groups excluding carboxylic acids is 3. The van der Waals surface area contributed by atoms with Crippen molar-refractivity contribution in [1.82, 2.24) is 4.90 Å². The van der Waals surface area contributed by atoms with Gasteiger partial charge in [0.25, 0.3) is 11.1 Å². The molecule has 29 heavy (non-hydrogen) atoms. The van der Waals surface area contributed by atoms with E-state index in [1.165, 1.54) is 12.1 Å². The molecule has 2 aromatic carbocycles. The highest BCUT2D eigenvalue weighted by atomic mass is 32.2. The molecule has 0 radical (unpaired) electrons. The fourth-order valence-corrected chi connectivity index (χ4v) is 3.47. The molecule has 0 spiro atoms. The molecule has 3 rings (SSSR count). The van der Waals surface area contributed by atoms with Crippen molar-refractivity contribution >= 4 is 40.6 Å². The molecule has 150 valence electrons. The first-order chi connectivity index (χ1) is 13.7. The predicted molar refractivity (Wildman–Crippen MR) is 104 cm³/mol. The van der Waals surface area contributed by atoms with Gasteiger partial charge in [0.1, 0.15) is 0 Å². The Morgan fingerprint density at radius 2 is 1.79 bits per heavy atom. The van der Waals surface area contributed by atoms with Crippen molar-refractivity contribution in [2.24, 2.45) is 0 Å². The third kappa shape index (κ3) is 5.26. The van der Waals surface area contributed by atoms with Crippen LogP contribution in [0.2, 0.25) is 0 Å². The number of halogens is 3. The van der Waals surface area contributed by atoms with Gasteiger partial charge in [-0.05, 0) is 41.6 Å². The van der Waals surface area contributed by atoms with Crippen LogP contribution in [-0.4, -0.2) is 28.5 Å². The number of benzene rings is 2. The minimum absolute atomic E-state index is 0.0112. The first kappa shape index (κ1) is 20.7. The van der Waals surface area contributed by atoms with Gasteiger partial charge >= 0.3 is 6.18 Å². The monoisotopic (exact) mass is 420 g/mol. The molecule has 0 unspecified atom stereocenters. The van der Waals surface area contributed by atoms with Crippen molar-refractivity contribution < 1.29 is 27.6 Å². The molecule has 1 N–H and O–H groups in total. The molecule has 0 aromatic heterocycles. The lowest BCUT2D eigenvalue weighted by Crippen LogP contribution is -2.31. The zero-order chi connectivity index (χ0) is 21.0. The molecule has 1 fully saturated rings. The Kier molecular flexibility index (Phi) is 6.07. The van der Waals surface area contributed by atoms with Gasteiger partial charge in [-0.3, -0.25) is 19.3 Å². The highest BCUT2D eigenvalue weighted by Crippen LogP contribution is 2.33. The maximum atomic E-state index is 12.7. The van der Waals surface area contributed by atoms with Crippen molar-refractivity contribution in [2.45, 2.75) is 12.6 Å². The molecular formula is C20H15F3N2O3S. The number of carbonyl (C=O) groups is 3. The van der Waals surface area contributed by atoms with Crippen LogP contribution in [0, 0.1) is 0 Å². The number of hydrogen-bond donors (Lipinski definition) is 1. The Balaban J connectivity index is 1.60. The average Bonchev–Trinajstić information content (AvgIpc) is 2.93. The van der Waals surface area contributed by atoms with E-state index >= 15 is 0 Å². The largest absolute Gasteiger partial charge is 0.416 e. The number of nitrogens with one attached hydrogen (secondary N) is 1. The standard InChI is InChI=1S/C20H15F3N2O3S/c21-20(22,23)14-7-4-8-15(12-14)24-17(26)9-10-25-18(27)16(29-19(25)28)11-13-5-2-1-3-6-13/h1-8,11-12H,9-10H2,(H,24,26)/b16-11-. The summed E-state index contributed by atoms with van der Waals surface area (Å²) in [7, 11) is 0. The summed E-state index contributed by atoms with van der Waals surface area (Å²) in [6.07, 6.45) is -3.16. The van der Waals surface area contributed by atoms with Crippen LogP contribution in [0.1, 0.15) is 17.5 Å². The Hall–Kier alpha value is -3.07. The van der Waals surface area contributed by atoms with Gasteiger partial charge in [0.05, 0.1) is 10.5 Å². The molecule has 0 aliphatic carbocycles. The molecule has 1 aliphatic rings. The first-order valence-electron chi connectivity index (χ1n) is 8.51. The maximum absolute atomic E-state index is 12.7. The Morgan fingerprint density at radius 3 is 2.48 bits per heavy atom. The summed E-state index contributed by atoms with van der Waals surface area (Å²) in [6.45, 7) is -0.165. The van der Waals surface area contributed by atoms with Crippen molar-refractivity contribution in [3.8, 4) is 0 Å². The van der Waals surface area contributed by atoms with Gasteiger partial charge in [0.15, 0.2) is 0 Å². The highest BCUT2D eigenvalue weighted by Gasteiger charge is 2.35. The van der Waals surface area contributed by atoms with Crippen molar-refractivity contribution in [1.29, 1.82) is 0 Å². The highest BCUT2D eigenvalue weighted by molar-refractivity contribution is 8.18. The minimum atomic E-state index is -4.52. The van der Waals surface area contributed by atoms with Crippen LogP contribution in [0.15, 0.2) is 59.5 Å². The van der Waals surface area contributed by atoms with Crippen LogP contribution in [0.25, 0.3) is 6.08 Å². The van der Waals surface area contributed by atoms with E-state index in [9.17, 15) is 27.6 Å². The maximum Gasteiger partial charge on any atom is 0.416 e. The summed E-state index contributed by atoms with van der Waals surface area (Å²) >= 11 is 0.779. The van der Waals surface area contributed by atoms with E-state index in [4.69, 9.17) is 0 Å². The molecule has 0 saturated carbocycles. The summed E-state index contributed by atoms with van der Waals surface area (Å²) in [5.74, 6) is -1.11. The van der Waals surface area contributed by atoms with E-state index in [0.29, 0.717) is 0 Å². The SMILES string of the molecule is O=C(CCN1C(=O)S/C(=C\c2ccccc2)C1=O)Nc1cccc(C(F)(F)F)c1. The van der Waals surface area contributed by atoms with E-state index in [0.717, 1.165) is 34.4 Å². The fourth-order valence-electron chi connectivity index (χ4n) is 2.60. The van der Waals surface area contributed by atoms with Crippen LogP contribution < -0.4 is 5.32 Å². The second kappa shape index (κ2) is 8.52. The zero-order valence-corrected chi connectivity index (χ0v) is 15.7. The number of amides is 3. The number of rotatable bonds is 5. The number of thioether (sulfide) groups is 1. The number of imide groups is 1. The lowest BCUT2D eigenvalue weighted by atomic mass is 10.2. The van der Waals surface area contributed by atoms with Gasteiger partial charge < -0.3 is 5.32 Å². The molecule has 0 bridgehead atoms. The summed E-state index contributed by atoms with van der Waals surface area (Å²) in [4.78, 5) is 37.7. The minimum Gasteiger partial charge on any atom is -0.326 e. The van der Waals surface area contributed by atoms with E-state index in [1.54, 1.807) is 30.3 Å². The van der Waals surface area contributed by atoms with Gasteiger partial charge in [-0.1, -0.05) is 36.4 Å². The third-order valence-electron chi connectivity index (χ3n) is 4.01. The molecule has 9 heteroatoms. The molecule has 1 saturated heterocycles. The second-order valence-corrected chi connectivity index (χ2v) is 7.11. The summed E-state index contributed by atoms with van der Waals surface area (Å²) in [6, 6.07) is 13.2. The quantitative estimate of drug-likeness (QED) is 0.708. The van der Waals surface area contributed by atoms with Crippen LogP contribution in [0.4, 0.5) is 23.7 Å². The van der Waals surface area contributed by atoms with Crippen LogP contribution >= 0.6 is 11.8 Å². The van der Waals surface area contributed by atoms with Crippen LogP contribution in [0.5, 0.6) is 0 Å². The number of hydrogen-bond acceptors (Lipinski definition) is 4. The molecule has 1 aliphatic heterocycles. The van der Waals surface area contributed by atoms with Crippen molar-refractivity contribution in [2.75, 3.05) is 11.9 Å². The van der Waals surface area contributed by atoms with Gasteiger partial charge in [0.2, 0.25) is 5.91 Å². The first-order valence-corrected chi connectivity index (χ1v) is 9.33. The van der Waals surface area contributed by atoms with Gasteiger partial charge in [-0.25, -0.2) is 0 Å². The van der Waals surface area contributed by atoms with E-state index in [2.05, 4.69) is 5.32 Å². The Bertz CT molecular complexity index is 974. The number of alkyl halides is 3. The molecule has 5 nitrogen and oxygen atoms in total. The van der Waals surface area contributed by atoms with E-state index in [1.807, 2.05) is 6.07 Å². The average molecular weight is 420 g/mol. The predicted octanol–water partition coefficient (Wildman–Crippen LogP) is 4.77. The zero-order valence-electron chi connectivity index (χ0n) is 14.9. The Labute approximate surface area is 168 Å². The second-order valence-electron chi connectivity index (χ2n) is 6.12. The van der Waals surface area contributed by atoms with Crippen LogP contribution in [-0.2, 0) is 15.8 Å². The summed E-state index contributed by atoms with van der Waals surface area (Å²) < 4.78 is 38.2. The topological polar surface area (TPSA) is 66.5 Å². The Morgan fingerprint density at radius 1 is 1.07 bits per heavy atom. The lowest BCUT2D eigenvalue weighted by molar-refractivity contribution is -0.137. The fraction of sp³-hybridized carbons (Fsp3) is 0.150. The van der Waals surface area contributed by atoms with Gasteiger partial charge in [-0.15, -0.1) is 0 Å².